The van der Waals surface area contributed by atoms with Crippen LogP contribution >= 0.6 is 11.6 Å². The summed E-state index contributed by atoms with van der Waals surface area (Å²) in [6, 6.07) is 5.45. The number of nitrogens with one attached hydrogen (secondary N) is 1. The van der Waals surface area contributed by atoms with Crippen LogP contribution in [0.25, 0.3) is 0 Å². The summed E-state index contributed by atoms with van der Waals surface area (Å²) in [5.74, 6) is -0.0224. The number of amides is 1. The Morgan fingerprint density at radius 2 is 2.27 bits per heavy atom. The molecular formula is C11H15ClN2O. The number of anilines is 1. The first-order valence-corrected chi connectivity index (χ1v) is 5.28. The fraction of sp³-hybridized carbons (Fsp3) is 0.364. The lowest BCUT2D eigenvalue weighted by atomic mass is 10.2. The van der Waals surface area contributed by atoms with Crippen molar-refractivity contribution in [2.45, 2.75) is 19.8 Å². The normalized spacial score (nSPS) is 10.1. The Labute approximate surface area is 94.6 Å². The summed E-state index contributed by atoms with van der Waals surface area (Å²) in [5, 5.41) is 3.47. The van der Waals surface area contributed by atoms with Gasteiger partial charge in [0.15, 0.2) is 0 Å². The van der Waals surface area contributed by atoms with Gasteiger partial charge in [-0.15, -0.1) is 0 Å². The predicted octanol–water partition coefficient (Wildman–Crippen LogP) is 2.33. The van der Waals surface area contributed by atoms with E-state index >= 15 is 0 Å². The van der Waals surface area contributed by atoms with Gasteiger partial charge >= 0.3 is 0 Å². The molecule has 0 aliphatic carbocycles. The largest absolute Gasteiger partial charge is 0.330 e. The maximum absolute atomic E-state index is 11.4. The van der Waals surface area contributed by atoms with Gasteiger partial charge in [0, 0.05) is 17.1 Å². The number of nitrogens with two attached hydrogens (primary N) is 1. The zero-order valence-electron chi connectivity index (χ0n) is 8.72. The Kier molecular flexibility index (Phi) is 4.59. The maximum Gasteiger partial charge on any atom is 0.224 e. The van der Waals surface area contributed by atoms with Gasteiger partial charge in [-0.25, -0.2) is 0 Å². The van der Waals surface area contributed by atoms with Crippen LogP contribution in [0.2, 0.25) is 5.02 Å². The van der Waals surface area contributed by atoms with Crippen molar-refractivity contribution in [3.8, 4) is 0 Å². The Morgan fingerprint density at radius 1 is 1.53 bits per heavy atom. The molecule has 0 saturated heterocycles. The monoisotopic (exact) mass is 226 g/mol. The molecule has 0 fully saturated rings. The zero-order chi connectivity index (χ0) is 11.3. The third-order valence-electron chi connectivity index (χ3n) is 2.15. The lowest BCUT2D eigenvalue weighted by Gasteiger charge is -2.08. The van der Waals surface area contributed by atoms with Crippen LogP contribution in [0.4, 0.5) is 5.69 Å². The van der Waals surface area contributed by atoms with Crippen molar-refractivity contribution in [2.75, 3.05) is 11.9 Å². The highest BCUT2D eigenvalue weighted by atomic mass is 35.5. The van der Waals surface area contributed by atoms with Gasteiger partial charge in [0.1, 0.15) is 0 Å². The molecule has 0 radical (unpaired) electrons. The van der Waals surface area contributed by atoms with Crippen LogP contribution in [-0.2, 0) is 4.79 Å². The fourth-order valence-corrected chi connectivity index (χ4v) is 1.39. The first kappa shape index (κ1) is 12.0. The highest BCUT2D eigenvalue weighted by molar-refractivity contribution is 6.31. The maximum atomic E-state index is 11.4. The molecule has 0 spiro atoms. The second-order valence-corrected chi connectivity index (χ2v) is 3.76. The SMILES string of the molecule is Cc1c(Cl)cccc1NC(=O)CCCN. The summed E-state index contributed by atoms with van der Waals surface area (Å²) < 4.78 is 0. The topological polar surface area (TPSA) is 55.1 Å². The van der Waals surface area contributed by atoms with Crippen LogP contribution in [-0.4, -0.2) is 12.5 Å². The van der Waals surface area contributed by atoms with Gasteiger partial charge in [0.2, 0.25) is 5.91 Å². The molecule has 0 aliphatic heterocycles. The second kappa shape index (κ2) is 5.73. The van der Waals surface area contributed by atoms with Gasteiger partial charge in [0.25, 0.3) is 0 Å². The van der Waals surface area contributed by atoms with E-state index in [1.165, 1.54) is 0 Å². The van der Waals surface area contributed by atoms with Crippen LogP contribution in [0, 0.1) is 6.92 Å². The molecule has 4 heteroatoms. The molecule has 1 aromatic rings. The molecular weight excluding hydrogens is 212 g/mol. The van der Waals surface area contributed by atoms with Gasteiger partial charge < -0.3 is 11.1 Å². The third-order valence-corrected chi connectivity index (χ3v) is 2.56. The standard InChI is InChI=1S/C11H15ClN2O/c1-8-9(12)4-2-5-10(8)14-11(15)6-3-7-13/h2,4-5H,3,6-7,13H2,1H3,(H,14,15). The molecule has 0 aliphatic rings. The van der Waals surface area contributed by atoms with Crippen LogP contribution in [0.1, 0.15) is 18.4 Å². The number of rotatable bonds is 4. The van der Waals surface area contributed by atoms with Gasteiger partial charge in [-0.3, -0.25) is 4.79 Å². The van der Waals surface area contributed by atoms with E-state index < -0.39 is 0 Å². The van der Waals surface area contributed by atoms with E-state index in [-0.39, 0.29) is 5.91 Å². The van der Waals surface area contributed by atoms with Crippen LogP contribution < -0.4 is 11.1 Å². The van der Waals surface area contributed by atoms with Crippen molar-refractivity contribution in [3.05, 3.63) is 28.8 Å². The molecule has 0 unspecified atom stereocenters. The molecule has 0 bridgehead atoms. The molecule has 1 amide bonds. The lowest BCUT2D eigenvalue weighted by molar-refractivity contribution is -0.116. The number of benzene rings is 1. The number of halogens is 1. The summed E-state index contributed by atoms with van der Waals surface area (Å²) in [6.45, 7) is 2.41. The van der Waals surface area contributed by atoms with Crippen molar-refractivity contribution >= 4 is 23.2 Å². The molecule has 1 rings (SSSR count). The van der Waals surface area contributed by atoms with E-state index in [9.17, 15) is 4.79 Å². The van der Waals surface area contributed by atoms with Crippen molar-refractivity contribution in [2.24, 2.45) is 5.73 Å². The van der Waals surface area contributed by atoms with Crippen molar-refractivity contribution in [3.63, 3.8) is 0 Å². The predicted molar refractivity (Wildman–Crippen MR) is 63.1 cm³/mol. The average molecular weight is 227 g/mol. The van der Waals surface area contributed by atoms with Gasteiger partial charge in [-0.05, 0) is 37.6 Å². The Bertz CT molecular complexity index is 352. The lowest BCUT2D eigenvalue weighted by Crippen LogP contribution is -2.14. The van der Waals surface area contributed by atoms with Gasteiger partial charge in [-0.2, -0.15) is 0 Å². The zero-order valence-corrected chi connectivity index (χ0v) is 9.47. The molecule has 15 heavy (non-hydrogen) atoms. The minimum Gasteiger partial charge on any atom is -0.330 e. The fourth-order valence-electron chi connectivity index (χ4n) is 1.22. The summed E-state index contributed by atoms with van der Waals surface area (Å²) in [7, 11) is 0. The Hall–Kier alpha value is -1.06. The third kappa shape index (κ3) is 3.53. The number of carbonyl (C=O) groups is 1. The Morgan fingerprint density at radius 3 is 2.93 bits per heavy atom. The van der Waals surface area contributed by atoms with E-state index in [1.54, 1.807) is 6.07 Å². The van der Waals surface area contributed by atoms with E-state index in [0.29, 0.717) is 24.4 Å². The number of carbonyl (C=O) groups excluding carboxylic acids is 1. The molecule has 0 aromatic heterocycles. The van der Waals surface area contributed by atoms with Gasteiger partial charge in [0.05, 0.1) is 0 Å². The average Bonchev–Trinajstić information content (AvgIpc) is 2.22. The molecule has 3 N–H and O–H groups in total. The van der Waals surface area contributed by atoms with E-state index in [2.05, 4.69) is 5.32 Å². The molecule has 3 nitrogen and oxygen atoms in total. The highest BCUT2D eigenvalue weighted by Gasteiger charge is 2.05. The summed E-state index contributed by atoms with van der Waals surface area (Å²) in [5.41, 5.74) is 6.98. The van der Waals surface area contributed by atoms with Crippen LogP contribution in [0.15, 0.2) is 18.2 Å². The first-order chi connectivity index (χ1) is 7.15. The van der Waals surface area contributed by atoms with Crippen molar-refractivity contribution < 1.29 is 4.79 Å². The minimum absolute atomic E-state index is 0.0224. The van der Waals surface area contributed by atoms with E-state index in [0.717, 1.165) is 11.3 Å². The van der Waals surface area contributed by atoms with E-state index in [1.807, 2.05) is 19.1 Å². The molecule has 1 aromatic carbocycles. The van der Waals surface area contributed by atoms with Gasteiger partial charge in [-0.1, -0.05) is 17.7 Å². The smallest absolute Gasteiger partial charge is 0.224 e. The summed E-state index contributed by atoms with van der Waals surface area (Å²) in [4.78, 5) is 11.4. The number of hydrogen-bond acceptors (Lipinski definition) is 2. The summed E-state index contributed by atoms with van der Waals surface area (Å²) >= 11 is 5.93. The number of hydrogen-bond donors (Lipinski definition) is 2. The summed E-state index contributed by atoms with van der Waals surface area (Å²) in [6.07, 6.45) is 1.15. The van der Waals surface area contributed by atoms with Crippen molar-refractivity contribution in [1.29, 1.82) is 0 Å². The quantitative estimate of drug-likeness (QED) is 0.828. The molecule has 0 heterocycles. The van der Waals surface area contributed by atoms with Crippen LogP contribution in [0.5, 0.6) is 0 Å². The highest BCUT2D eigenvalue weighted by Crippen LogP contribution is 2.22. The first-order valence-electron chi connectivity index (χ1n) is 4.90. The van der Waals surface area contributed by atoms with Crippen molar-refractivity contribution in [1.82, 2.24) is 0 Å². The second-order valence-electron chi connectivity index (χ2n) is 3.35. The van der Waals surface area contributed by atoms with E-state index in [4.69, 9.17) is 17.3 Å². The molecule has 0 saturated carbocycles. The van der Waals surface area contributed by atoms with Crippen LogP contribution in [0.3, 0.4) is 0 Å². The minimum atomic E-state index is -0.0224. The Balaban J connectivity index is 2.64. The molecule has 82 valence electrons. The molecule has 0 atom stereocenters.